The van der Waals surface area contributed by atoms with Gasteiger partial charge in [0.15, 0.2) is 9.84 Å². The highest BCUT2D eigenvalue weighted by Gasteiger charge is 2.27. The number of nitrogens with two attached hydrogens (primary N) is 1. The van der Waals surface area contributed by atoms with Crippen LogP contribution in [0.3, 0.4) is 0 Å². The third-order valence-corrected chi connectivity index (χ3v) is 4.84. The Morgan fingerprint density at radius 1 is 1.35 bits per heavy atom. The first-order chi connectivity index (χ1) is 7.94. The van der Waals surface area contributed by atoms with Crippen LogP contribution in [-0.2, 0) is 19.4 Å². The summed E-state index contributed by atoms with van der Waals surface area (Å²) in [7, 11) is -2.26. The van der Waals surface area contributed by atoms with Gasteiger partial charge in [-0.25, -0.2) is 8.42 Å². The summed E-state index contributed by atoms with van der Waals surface area (Å²) in [6.45, 7) is 0. The number of hydrogen-bond acceptors (Lipinski definition) is 5. The molecular formula is C11H21NO4S. The van der Waals surface area contributed by atoms with Gasteiger partial charge in [-0.2, -0.15) is 0 Å². The van der Waals surface area contributed by atoms with Crippen molar-refractivity contribution in [2.24, 2.45) is 11.7 Å². The maximum atomic E-state index is 11.7. The molecule has 1 aliphatic carbocycles. The van der Waals surface area contributed by atoms with Crippen molar-refractivity contribution >= 4 is 15.8 Å². The Bertz CT molecular complexity index is 346. The summed E-state index contributed by atoms with van der Waals surface area (Å²) >= 11 is 0. The van der Waals surface area contributed by atoms with Crippen LogP contribution in [0.1, 0.15) is 32.1 Å². The molecule has 0 amide bonds. The van der Waals surface area contributed by atoms with Crippen molar-refractivity contribution in [3.8, 4) is 0 Å². The van der Waals surface area contributed by atoms with Gasteiger partial charge < -0.3 is 10.5 Å². The van der Waals surface area contributed by atoms with E-state index in [0.29, 0.717) is 0 Å². The highest BCUT2D eigenvalue weighted by molar-refractivity contribution is 7.92. The normalized spacial score (nSPS) is 19.9. The zero-order valence-electron chi connectivity index (χ0n) is 10.2. The number of carbonyl (C=O) groups is 1. The number of carbonyl (C=O) groups excluding carboxylic acids is 1. The number of methoxy groups -OCH3 is 1. The Hall–Kier alpha value is -0.620. The molecule has 0 heterocycles. The van der Waals surface area contributed by atoms with Crippen molar-refractivity contribution in [2.45, 2.75) is 38.1 Å². The first kappa shape index (κ1) is 14.4. The lowest BCUT2D eigenvalue weighted by molar-refractivity contribution is -0.137. The van der Waals surface area contributed by atoms with Crippen LogP contribution in [0.2, 0.25) is 0 Å². The van der Waals surface area contributed by atoms with Crippen LogP contribution >= 0.6 is 0 Å². The molecule has 0 aromatic heterocycles. The summed E-state index contributed by atoms with van der Waals surface area (Å²) in [5.41, 5.74) is 5.92. The molecule has 0 aromatic rings. The largest absolute Gasteiger partial charge is 0.468 e. The van der Waals surface area contributed by atoms with Crippen LogP contribution in [0.15, 0.2) is 0 Å². The zero-order chi connectivity index (χ0) is 12.9. The average molecular weight is 263 g/mol. The molecule has 100 valence electrons. The summed E-state index contributed by atoms with van der Waals surface area (Å²) in [5.74, 6) is -1.13. The van der Waals surface area contributed by atoms with Crippen molar-refractivity contribution in [1.29, 1.82) is 0 Å². The minimum Gasteiger partial charge on any atom is -0.468 e. The minimum absolute atomic E-state index is 0.118. The fourth-order valence-corrected chi connectivity index (χ4v) is 3.74. The van der Waals surface area contributed by atoms with E-state index in [2.05, 4.69) is 4.74 Å². The van der Waals surface area contributed by atoms with Crippen LogP contribution in [0.5, 0.6) is 0 Å². The lowest BCUT2D eigenvalue weighted by Crippen LogP contribution is -2.39. The summed E-state index contributed by atoms with van der Waals surface area (Å²) in [4.78, 5) is 10.9. The second kappa shape index (κ2) is 6.35. The van der Waals surface area contributed by atoms with E-state index in [-0.39, 0.29) is 17.7 Å². The summed E-state index contributed by atoms with van der Waals surface area (Å²) < 4.78 is 27.7. The Balaban J connectivity index is 2.48. The van der Waals surface area contributed by atoms with E-state index in [1.54, 1.807) is 0 Å². The molecule has 2 N–H and O–H groups in total. The van der Waals surface area contributed by atoms with Gasteiger partial charge in [-0.1, -0.05) is 19.3 Å². The Labute approximate surface area is 103 Å². The lowest BCUT2D eigenvalue weighted by Gasteiger charge is -2.27. The number of rotatable bonds is 5. The van der Waals surface area contributed by atoms with Crippen molar-refractivity contribution in [3.63, 3.8) is 0 Å². The molecule has 1 saturated carbocycles. The van der Waals surface area contributed by atoms with Crippen LogP contribution in [0.25, 0.3) is 0 Å². The Morgan fingerprint density at radius 3 is 2.47 bits per heavy atom. The van der Waals surface area contributed by atoms with Crippen LogP contribution in [-0.4, -0.2) is 39.0 Å². The third kappa shape index (κ3) is 5.04. The van der Waals surface area contributed by atoms with Crippen molar-refractivity contribution in [1.82, 2.24) is 0 Å². The molecule has 0 aromatic carbocycles. The highest BCUT2D eigenvalue weighted by atomic mass is 32.2. The molecule has 0 bridgehead atoms. The molecule has 0 spiro atoms. The van der Waals surface area contributed by atoms with Gasteiger partial charge in [-0.05, 0) is 18.8 Å². The number of sulfone groups is 1. The predicted octanol–water partition coefficient (Wildman–Crippen LogP) is 0.482. The Kier molecular flexibility index (Phi) is 5.39. The second-order valence-corrected chi connectivity index (χ2v) is 6.80. The molecule has 1 atom stereocenters. The van der Waals surface area contributed by atoms with E-state index in [9.17, 15) is 13.2 Å². The van der Waals surface area contributed by atoms with Gasteiger partial charge in [0.1, 0.15) is 5.75 Å². The zero-order valence-corrected chi connectivity index (χ0v) is 11.0. The molecule has 6 heteroatoms. The third-order valence-electron chi connectivity index (χ3n) is 3.27. The number of esters is 1. The molecule has 5 nitrogen and oxygen atoms in total. The van der Waals surface area contributed by atoms with Crippen LogP contribution in [0, 0.1) is 5.92 Å². The molecule has 0 saturated heterocycles. The van der Waals surface area contributed by atoms with Gasteiger partial charge in [0, 0.05) is 6.04 Å². The molecule has 1 unspecified atom stereocenters. The quantitative estimate of drug-likeness (QED) is 0.729. The molecule has 0 aliphatic heterocycles. The van der Waals surface area contributed by atoms with E-state index in [4.69, 9.17) is 5.73 Å². The molecule has 17 heavy (non-hydrogen) atoms. The van der Waals surface area contributed by atoms with E-state index in [1.807, 2.05) is 0 Å². The van der Waals surface area contributed by atoms with Crippen molar-refractivity contribution in [3.05, 3.63) is 0 Å². The molecule has 0 radical (unpaired) electrons. The molecular weight excluding hydrogens is 242 g/mol. The van der Waals surface area contributed by atoms with Crippen LogP contribution in [0.4, 0.5) is 0 Å². The second-order valence-electron chi connectivity index (χ2n) is 4.69. The average Bonchev–Trinajstić information content (AvgIpc) is 2.28. The summed E-state index contributed by atoms with van der Waals surface area (Å²) in [6, 6.07) is -0.357. The maximum Gasteiger partial charge on any atom is 0.320 e. The van der Waals surface area contributed by atoms with Crippen molar-refractivity contribution < 1.29 is 17.9 Å². The fourth-order valence-electron chi connectivity index (χ4n) is 2.29. The smallest absolute Gasteiger partial charge is 0.320 e. The van der Waals surface area contributed by atoms with Crippen LogP contribution < -0.4 is 5.73 Å². The highest BCUT2D eigenvalue weighted by Crippen LogP contribution is 2.26. The predicted molar refractivity (Wildman–Crippen MR) is 65.2 cm³/mol. The lowest BCUT2D eigenvalue weighted by atomic mass is 9.85. The van der Waals surface area contributed by atoms with Gasteiger partial charge in [0.25, 0.3) is 0 Å². The summed E-state index contributed by atoms with van der Waals surface area (Å²) in [5, 5.41) is 0. The Morgan fingerprint density at radius 2 is 1.94 bits per heavy atom. The van der Waals surface area contributed by atoms with Gasteiger partial charge >= 0.3 is 5.97 Å². The first-order valence-electron chi connectivity index (χ1n) is 5.97. The minimum atomic E-state index is -3.44. The SMILES string of the molecule is COC(=O)CS(=O)(=O)CC(N)C1CCCCC1. The van der Waals surface area contributed by atoms with Gasteiger partial charge in [0.2, 0.25) is 0 Å². The van der Waals surface area contributed by atoms with Gasteiger partial charge in [-0.15, -0.1) is 0 Å². The van der Waals surface area contributed by atoms with Crippen molar-refractivity contribution in [2.75, 3.05) is 18.6 Å². The van der Waals surface area contributed by atoms with Gasteiger partial charge in [-0.3, -0.25) is 4.79 Å². The van der Waals surface area contributed by atoms with E-state index < -0.39 is 21.6 Å². The fraction of sp³-hybridized carbons (Fsp3) is 0.909. The molecule has 1 rings (SSSR count). The van der Waals surface area contributed by atoms with E-state index in [1.165, 1.54) is 13.5 Å². The number of hydrogen-bond donors (Lipinski definition) is 1. The van der Waals surface area contributed by atoms with E-state index >= 15 is 0 Å². The first-order valence-corrected chi connectivity index (χ1v) is 7.79. The monoisotopic (exact) mass is 263 g/mol. The van der Waals surface area contributed by atoms with E-state index in [0.717, 1.165) is 25.7 Å². The number of ether oxygens (including phenoxy) is 1. The topological polar surface area (TPSA) is 86.5 Å². The molecule has 1 aliphatic rings. The molecule has 1 fully saturated rings. The maximum absolute atomic E-state index is 11.7. The standard InChI is InChI=1S/C11H21NO4S/c1-16-11(13)8-17(14,15)7-10(12)9-5-3-2-4-6-9/h9-10H,2-8,12H2,1H3. The van der Waals surface area contributed by atoms with Gasteiger partial charge in [0.05, 0.1) is 12.9 Å². The summed E-state index contributed by atoms with van der Waals surface area (Å²) in [6.07, 6.45) is 5.44.